The highest BCUT2D eigenvalue weighted by molar-refractivity contribution is 9.11. The number of rotatable bonds is 4. The third-order valence-corrected chi connectivity index (χ3v) is 7.14. The second-order valence-corrected chi connectivity index (χ2v) is 10.1. The quantitative estimate of drug-likeness (QED) is 0.583. The summed E-state index contributed by atoms with van der Waals surface area (Å²) in [4.78, 5) is 23.6. The van der Waals surface area contributed by atoms with Crippen molar-refractivity contribution in [2.45, 2.75) is 32.2 Å². The maximum Gasteiger partial charge on any atom is 0.259 e. The molecule has 3 aromatic rings. The molecule has 2 aliphatic rings. The average molecular weight is 461 g/mol. The molecular weight excluding hydrogens is 440 g/mol. The Morgan fingerprint density at radius 2 is 2.07 bits per heavy atom. The van der Waals surface area contributed by atoms with Crippen molar-refractivity contribution in [3.05, 3.63) is 43.8 Å². The Morgan fingerprint density at radius 1 is 1.29 bits per heavy atom. The van der Waals surface area contributed by atoms with E-state index in [1.807, 2.05) is 17.9 Å². The lowest BCUT2D eigenvalue weighted by atomic mass is 10.1. The molecule has 0 unspecified atom stereocenters. The first kappa shape index (κ1) is 18.3. The van der Waals surface area contributed by atoms with E-state index in [0.717, 1.165) is 66.1 Å². The van der Waals surface area contributed by atoms with Gasteiger partial charge in [-0.05, 0) is 53.9 Å². The Morgan fingerprint density at radius 3 is 2.75 bits per heavy atom. The van der Waals surface area contributed by atoms with Crippen LogP contribution in [0.5, 0.6) is 0 Å². The molecule has 5 rings (SSSR count). The van der Waals surface area contributed by atoms with Crippen molar-refractivity contribution in [2.24, 2.45) is 0 Å². The van der Waals surface area contributed by atoms with Crippen LogP contribution in [0.15, 0.2) is 26.5 Å². The number of aryl methyl sites for hydroxylation is 1. The van der Waals surface area contributed by atoms with E-state index in [1.54, 1.807) is 11.3 Å². The maximum atomic E-state index is 13.3. The number of carbonyl (C=O) groups is 1. The zero-order valence-corrected chi connectivity index (χ0v) is 18.1. The Hall–Kier alpha value is -1.77. The van der Waals surface area contributed by atoms with Gasteiger partial charge in [0.1, 0.15) is 0 Å². The predicted molar refractivity (Wildman–Crippen MR) is 112 cm³/mol. The number of carbonyl (C=O) groups excluding carboxylic acids is 1. The van der Waals surface area contributed by atoms with Gasteiger partial charge in [-0.15, -0.1) is 11.3 Å². The minimum Gasteiger partial charge on any atom is -0.336 e. The highest BCUT2D eigenvalue weighted by atomic mass is 79.9. The molecule has 0 radical (unpaired) electrons. The Balaban J connectivity index is 1.33. The summed E-state index contributed by atoms with van der Waals surface area (Å²) in [5, 5.41) is 4.81. The zero-order chi connectivity index (χ0) is 19.3. The van der Waals surface area contributed by atoms with Crippen LogP contribution in [-0.2, 0) is 6.54 Å². The lowest BCUT2D eigenvalue weighted by Crippen LogP contribution is -2.48. The third kappa shape index (κ3) is 3.49. The minimum atomic E-state index is 0.0686. The van der Waals surface area contributed by atoms with E-state index in [2.05, 4.69) is 43.1 Å². The molecule has 1 saturated carbocycles. The summed E-state index contributed by atoms with van der Waals surface area (Å²) in [7, 11) is 0. The van der Waals surface area contributed by atoms with Gasteiger partial charge >= 0.3 is 0 Å². The van der Waals surface area contributed by atoms with Gasteiger partial charge in [-0.1, -0.05) is 5.16 Å². The van der Waals surface area contributed by atoms with E-state index in [0.29, 0.717) is 17.2 Å². The molecule has 1 amide bonds. The molecule has 1 saturated heterocycles. The van der Waals surface area contributed by atoms with Crippen molar-refractivity contribution in [2.75, 3.05) is 26.2 Å². The molecule has 4 heterocycles. The number of piperazine rings is 1. The molecule has 146 valence electrons. The van der Waals surface area contributed by atoms with Crippen LogP contribution < -0.4 is 0 Å². The summed E-state index contributed by atoms with van der Waals surface area (Å²) in [6.45, 7) is 6.05. The molecular formula is C20H21BrN4O2S. The number of thiophene rings is 1. The number of pyridine rings is 1. The fourth-order valence-electron chi connectivity index (χ4n) is 3.81. The fraction of sp³-hybridized carbons (Fsp3) is 0.450. The normalized spacial score (nSPS) is 18.1. The fourth-order valence-corrected chi connectivity index (χ4v) is 5.33. The molecule has 6 nitrogen and oxygen atoms in total. The van der Waals surface area contributed by atoms with E-state index in [1.165, 1.54) is 4.88 Å². The number of hydrogen-bond acceptors (Lipinski definition) is 6. The zero-order valence-electron chi connectivity index (χ0n) is 15.7. The average Bonchev–Trinajstić information content (AvgIpc) is 3.38. The lowest BCUT2D eigenvalue weighted by molar-refractivity contribution is 0.0631. The summed E-state index contributed by atoms with van der Waals surface area (Å²) in [5.41, 5.74) is 2.89. The topological polar surface area (TPSA) is 62.5 Å². The summed E-state index contributed by atoms with van der Waals surface area (Å²) in [5.74, 6) is 0.530. The third-order valence-electron chi connectivity index (χ3n) is 5.53. The molecule has 0 aromatic carbocycles. The van der Waals surface area contributed by atoms with Gasteiger partial charge in [-0.2, -0.15) is 0 Å². The first-order chi connectivity index (χ1) is 13.6. The molecule has 0 N–H and O–H groups in total. The van der Waals surface area contributed by atoms with Crippen molar-refractivity contribution < 1.29 is 9.32 Å². The van der Waals surface area contributed by atoms with Crippen LogP contribution in [0.2, 0.25) is 0 Å². The van der Waals surface area contributed by atoms with Crippen LogP contribution in [0.4, 0.5) is 0 Å². The first-order valence-electron chi connectivity index (χ1n) is 9.61. The smallest absolute Gasteiger partial charge is 0.259 e. The van der Waals surface area contributed by atoms with Crippen LogP contribution in [0.3, 0.4) is 0 Å². The molecule has 28 heavy (non-hydrogen) atoms. The van der Waals surface area contributed by atoms with Crippen LogP contribution in [-0.4, -0.2) is 52.0 Å². The van der Waals surface area contributed by atoms with Gasteiger partial charge in [0.05, 0.1) is 20.4 Å². The second-order valence-electron chi connectivity index (χ2n) is 7.59. The van der Waals surface area contributed by atoms with Gasteiger partial charge in [0.15, 0.2) is 0 Å². The predicted octanol–water partition coefficient (Wildman–Crippen LogP) is 4.19. The van der Waals surface area contributed by atoms with E-state index >= 15 is 0 Å². The molecule has 3 aromatic heterocycles. The van der Waals surface area contributed by atoms with Crippen LogP contribution in [0.25, 0.3) is 11.1 Å². The number of amides is 1. The highest BCUT2D eigenvalue weighted by Gasteiger charge is 2.30. The Kier molecular flexibility index (Phi) is 4.72. The minimum absolute atomic E-state index is 0.0686. The largest absolute Gasteiger partial charge is 0.336 e. The molecule has 1 aliphatic heterocycles. The van der Waals surface area contributed by atoms with E-state index in [-0.39, 0.29) is 5.91 Å². The number of fused-ring (bicyclic) bond motifs is 1. The van der Waals surface area contributed by atoms with Crippen molar-refractivity contribution in [3.8, 4) is 0 Å². The summed E-state index contributed by atoms with van der Waals surface area (Å²) in [6.07, 6.45) is 2.27. The Labute approximate surface area is 175 Å². The van der Waals surface area contributed by atoms with Crippen LogP contribution >= 0.6 is 27.3 Å². The number of aromatic nitrogens is 2. The second kappa shape index (κ2) is 7.24. The lowest BCUT2D eigenvalue weighted by Gasteiger charge is -2.34. The van der Waals surface area contributed by atoms with Gasteiger partial charge in [-0.25, -0.2) is 4.98 Å². The summed E-state index contributed by atoms with van der Waals surface area (Å²) >= 11 is 5.29. The van der Waals surface area contributed by atoms with Crippen molar-refractivity contribution in [1.82, 2.24) is 19.9 Å². The van der Waals surface area contributed by atoms with Gasteiger partial charge in [-0.3, -0.25) is 9.69 Å². The van der Waals surface area contributed by atoms with Crippen molar-refractivity contribution in [3.63, 3.8) is 0 Å². The Bertz CT molecular complexity index is 1030. The SMILES string of the molecule is Cc1noc2nc(C3CC3)cc(C(=O)N3CCN(Cc4ccc(Br)s4)CC3)c12. The van der Waals surface area contributed by atoms with Crippen molar-refractivity contribution >= 4 is 44.3 Å². The van der Waals surface area contributed by atoms with Crippen LogP contribution in [0, 0.1) is 6.92 Å². The van der Waals surface area contributed by atoms with Gasteiger partial charge in [0, 0.05) is 49.2 Å². The monoisotopic (exact) mass is 460 g/mol. The van der Waals surface area contributed by atoms with E-state index in [4.69, 9.17) is 4.52 Å². The number of halogens is 1. The maximum absolute atomic E-state index is 13.3. The highest BCUT2D eigenvalue weighted by Crippen LogP contribution is 2.40. The molecule has 1 aliphatic carbocycles. The van der Waals surface area contributed by atoms with E-state index < -0.39 is 0 Å². The van der Waals surface area contributed by atoms with E-state index in [9.17, 15) is 4.79 Å². The molecule has 2 fully saturated rings. The number of nitrogens with zero attached hydrogens (tertiary/aromatic N) is 4. The summed E-state index contributed by atoms with van der Waals surface area (Å²) in [6, 6.07) is 6.23. The first-order valence-corrected chi connectivity index (χ1v) is 11.2. The van der Waals surface area contributed by atoms with Gasteiger partial charge < -0.3 is 9.42 Å². The van der Waals surface area contributed by atoms with Crippen molar-refractivity contribution in [1.29, 1.82) is 0 Å². The molecule has 0 bridgehead atoms. The van der Waals surface area contributed by atoms with Crippen LogP contribution in [0.1, 0.15) is 45.4 Å². The molecule has 8 heteroatoms. The summed E-state index contributed by atoms with van der Waals surface area (Å²) < 4.78 is 6.55. The molecule has 0 spiro atoms. The number of hydrogen-bond donors (Lipinski definition) is 0. The van der Waals surface area contributed by atoms with Gasteiger partial charge in [0.2, 0.25) is 0 Å². The molecule has 0 atom stereocenters. The standard InChI is InChI=1S/C20H21BrN4O2S/c1-12-18-15(10-16(13-2-3-13)22-19(18)27-23-12)20(26)25-8-6-24(7-9-25)11-14-4-5-17(21)28-14/h4-5,10,13H,2-3,6-9,11H2,1H3. The van der Waals surface area contributed by atoms with Gasteiger partial charge in [0.25, 0.3) is 11.6 Å².